The zero-order valence-corrected chi connectivity index (χ0v) is 18.1. The summed E-state index contributed by atoms with van der Waals surface area (Å²) in [5.74, 6) is -1.24. The Labute approximate surface area is 183 Å². The van der Waals surface area contributed by atoms with Gasteiger partial charge in [-0.15, -0.1) is 0 Å². The first-order valence-electron chi connectivity index (χ1n) is 9.71. The van der Waals surface area contributed by atoms with Crippen molar-refractivity contribution in [3.63, 3.8) is 0 Å². The first-order valence-corrected chi connectivity index (χ1v) is 11.9. The second-order valence-electron chi connectivity index (χ2n) is 7.04. The SMILES string of the molecule is O=C(COC(=O)[C@@H]1CCCCN1S(=O)(=O)c1cccc2nsnc12)Nc1ccccc1. The van der Waals surface area contributed by atoms with E-state index in [1.807, 2.05) is 6.07 Å². The fraction of sp³-hybridized carbons (Fsp3) is 0.300. The van der Waals surface area contributed by atoms with Gasteiger partial charge in [0.2, 0.25) is 10.0 Å². The van der Waals surface area contributed by atoms with E-state index in [0.29, 0.717) is 30.5 Å². The van der Waals surface area contributed by atoms with Gasteiger partial charge in [0.1, 0.15) is 22.0 Å². The highest BCUT2D eigenvalue weighted by Crippen LogP contribution is 2.29. The second-order valence-corrected chi connectivity index (χ2v) is 9.42. The lowest BCUT2D eigenvalue weighted by atomic mass is 10.1. The molecular formula is C20H20N4O5S2. The number of hydrogen-bond donors (Lipinski definition) is 1. The van der Waals surface area contributed by atoms with E-state index in [2.05, 4.69) is 14.1 Å². The van der Waals surface area contributed by atoms with Crippen molar-refractivity contribution in [3.05, 3.63) is 48.5 Å². The second kappa shape index (κ2) is 9.08. The molecule has 2 heterocycles. The molecule has 0 radical (unpaired) electrons. The molecule has 11 heteroatoms. The van der Waals surface area contributed by atoms with Crippen LogP contribution in [0.15, 0.2) is 53.4 Å². The van der Waals surface area contributed by atoms with Crippen LogP contribution >= 0.6 is 11.7 Å². The predicted molar refractivity (Wildman–Crippen MR) is 115 cm³/mol. The summed E-state index contributed by atoms with van der Waals surface area (Å²) in [6, 6.07) is 12.5. The van der Waals surface area contributed by atoms with Crippen molar-refractivity contribution in [2.24, 2.45) is 0 Å². The average Bonchev–Trinajstić information content (AvgIpc) is 3.27. The number of benzene rings is 2. The number of rotatable bonds is 6. The quantitative estimate of drug-likeness (QED) is 0.561. The maximum atomic E-state index is 13.4. The van der Waals surface area contributed by atoms with Gasteiger partial charge in [-0.3, -0.25) is 9.59 Å². The Morgan fingerprint density at radius 3 is 2.71 bits per heavy atom. The monoisotopic (exact) mass is 460 g/mol. The van der Waals surface area contributed by atoms with Gasteiger partial charge in [-0.05, 0) is 43.5 Å². The number of carbonyl (C=O) groups excluding carboxylic acids is 2. The molecule has 1 fully saturated rings. The zero-order chi connectivity index (χ0) is 21.8. The molecule has 1 saturated heterocycles. The van der Waals surface area contributed by atoms with Gasteiger partial charge in [0.25, 0.3) is 5.91 Å². The number of hydrogen-bond acceptors (Lipinski definition) is 8. The van der Waals surface area contributed by atoms with Gasteiger partial charge in [-0.25, -0.2) is 8.42 Å². The summed E-state index contributed by atoms with van der Waals surface area (Å²) in [6.45, 7) is -0.310. The lowest BCUT2D eigenvalue weighted by molar-refractivity contribution is -0.152. The number of anilines is 1. The lowest BCUT2D eigenvalue weighted by Crippen LogP contribution is -2.48. The van der Waals surface area contributed by atoms with Crippen molar-refractivity contribution in [3.8, 4) is 0 Å². The standard InChI is InChI=1S/C20H20N4O5S2/c25-18(21-14-7-2-1-3-8-14)13-29-20(26)16-10-4-5-12-24(16)31(27,28)17-11-6-9-15-19(17)23-30-22-15/h1-3,6-9,11,16H,4-5,10,12-13H2,(H,21,25)/t16-/m0/s1. The van der Waals surface area contributed by atoms with Crippen LogP contribution in [0.4, 0.5) is 5.69 Å². The molecule has 0 saturated carbocycles. The lowest BCUT2D eigenvalue weighted by Gasteiger charge is -2.32. The number of aromatic nitrogens is 2. The summed E-state index contributed by atoms with van der Waals surface area (Å²) >= 11 is 0.930. The van der Waals surface area contributed by atoms with Crippen molar-refractivity contribution < 1.29 is 22.7 Å². The Balaban J connectivity index is 1.48. The van der Waals surface area contributed by atoms with Gasteiger partial charge in [-0.1, -0.05) is 24.3 Å². The third-order valence-corrected chi connectivity index (χ3v) is 7.45. The largest absolute Gasteiger partial charge is 0.454 e. The van der Waals surface area contributed by atoms with E-state index < -0.39 is 34.5 Å². The molecule has 1 amide bonds. The first-order chi connectivity index (χ1) is 15.0. The van der Waals surface area contributed by atoms with Crippen LogP contribution in [0.25, 0.3) is 11.0 Å². The number of para-hydroxylation sites is 1. The molecule has 9 nitrogen and oxygen atoms in total. The van der Waals surface area contributed by atoms with Crippen molar-refractivity contribution in [1.29, 1.82) is 0 Å². The summed E-state index contributed by atoms with van der Waals surface area (Å²) in [5.41, 5.74) is 1.35. The molecule has 1 atom stereocenters. The smallest absolute Gasteiger partial charge is 0.324 e. The fourth-order valence-electron chi connectivity index (χ4n) is 3.50. The fourth-order valence-corrected chi connectivity index (χ4v) is 5.90. The van der Waals surface area contributed by atoms with Crippen LogP contribution in [0, 0.1) is 0 Å². The number of sulfonamides is 1. The molecule has 162 valence electrons. The van der Waals surface area contributed by atoms with Crippen molar-refractivity contribution in [2.75, 3.05) is 18.5 Å². The molecule has 0 bridgehead atoms. The molecule has 0 unspecified atom stereocenters. The topological polar surface area (TPSA) is 119 Å². The Morgan fingerprint density at radius 1 is 1.10 bits per heavy atom. The molecule has 0 aliphatic carbocycles. The molecule has 1 aromatic heterocycles. The van der Waals surface area contributed by atoms with E-state index in [1.165, 1.54) is 6.07 Å². The number of esters is 1. The highest BCUT2D eigenvalue weighted by atomic mass is 32.2. The minimum absolute atomic E-state index is 0.0141. The zero-order valence-electron chi connectivity index (χ0n) is 16.4. The first kappa shape index (κ1) is 21.3. The highest BCUT2D eigenvalue weighted by Gasteiger charge is 2.39. The third-order valence-electron chi connectivity index (χ3n) is 4.96. The highest BCUT2D eigenvalue weighted by molar-refractivity contribution is 7.89. The molecular weight excluding hydrogens is 440 g/mol. The number of nitrogens with one attached hydrogen (secondary N) is 1. The van der Waals surface area contributed by atoms with Gasteiger partial charge < -0.3 is 10.1 Å². The molecule has 2 aromatic carbocycles. The number of carbonyl (C=O) groups is 2. The van der Waals surface area contributed by atoms with Crippen molar-refractivity contribution in [2.45, 2.75) is 30.2 Å². The van der Waals surface area contributed by atoms with Crippen LogP contribution in [0.1, 0.15) is 19.3 Å². The van der Waals surface area contributed by atoms with E-state index in [9.17, 15) is 18.0 Å². The Bertz CT molecular complexity index is 1200. The molecule has 1 N–H and O–H groups in total. The minimum Gasteiger partial charge on any atom is -0.454 e. The summed E-state index contributed by atoms with van der Waals surface area (Å²) in [4.78, 5) is 24.8. The average molecular weight is 461 g/mol. The van der Waals surface area contributed by atoms with Gasteiger partial charge in [-0.2, -0.15) is 13.1 Å². The van der Waals surface area contributed by atoms with E-state index in [4.69, 9.17) is 4.74 Å². The van der Waals surface area contributed by atoms with Crippen molar-refractivity contribution >= 4 is 50.3 Å². The van der Waals surface area contributed by atoms with Crippen LogP contribution in [-0.2, 0) is 24.3 Å². The summed E-state index contributed by atoms with van der Waals surface area (Å²) in [6.07, 6.45) is 1.64. The van der Waals surface area contributed by atoms with Crippen LogP contribution in [-0.4, -0.2) is 52.5 Å². The minimum atomic E-state index is -4.00. The number of nitrogens with zero attached hydrogens (tertiary/aromatic N) is 3. The Morgan fingerprint density at radius 2 is 1.90 bits per heavy atom. The Hall–Kier alpha value is -2.89. The van der Waals surface area contributed by atoms with Gasteiger partial charge in [0.05, 0.1) is 11.7 Å². The summed E-state index contributed by atoms with van der Waals surface area (Å²) in [7, 11) is -4.00. The van der Waals surface area contributed by atoms with Crippen LogP contribution < -0.4 is 5.32 Å². The maximum absolute atomic E-state index is 13.4. The van der Waals surface area contributed by atoms with Gasteiger partial charge >= 0.3 is 5.97 Å². The van der Waals surface area contributed by atoms with E-state index in [1.54, 1.807) is 36.4 Å². The molecule has 1 aliphatic rings. The maximum Gasteiger partial charge on any atom is 0.324 e. The molecule has 4 rings (SSSR count). The summed E-state index contributed by atoms with van der Waals surface area (Å²) in [5, 5.41) is 2.62. The third kappa shape index (κ3) is 4.58. The predicted octanol–water partition coefficient (Wildman–Crippen LogP) is 2.42. The van der Waals surface area contributed by atoms with E-state index in [0.717, 1.165) is 16.0 Å². The van der Waals surface area contributed by atoms with Gasteiger partial charge in [0, 0.05) is 12.2 Å². The number of ether oxygens (including phenoxy) is 1. The molecule has 31 heavy (non-hydrogen) atoms. The van der Waals surface area contributed by atoms with Crippen molar-refractivity contribution in [1.82, 2.24) is 13.1 Å². The molecule has 1 aliphatic heterocycles. The van der Waals surface area contributed by atoms with Crippen LogP contribution in [0.5, 0.6) is 0 Å². The number of fused-ring (bicyclic) bond motifs is 1. The van der Waals surface area contributed by atoms with E-state index >= 15 is 0 Å². The van der Waals surface area contributed by atoms with E-state index in [-0.39, 0.29) is 17.0 Å². The number of amides is 1. The summed E-state index contributed by atoms with van der Waals surface area (Å²) < 4.78 is 41.3. The molecule has 3 aromatic rings. The van der Waals surface area contributed by atoms with Gasteiger partial charge in [0.15, 0.2) is 6.61 Å². The van der Waals surface area contributed by atoms with Crippen LogP contribution in [0.3, 0.4) is 0 Å². The molecule has 0 spiro atoms. The Kier molecular flexibility index (Phi) is 6.25. The number of piperidine rings is 1. The normalized spacial score (nSPS) is 17.4. The van der Waals surface area contributed by atoms with Crippen LogP contribution in [0.2, 0.25) is 0 Å².